The number of rotatable bonds is 15. The molecule has 0 bridgehead atoms. The van der Waals surface area contributed by atoms with Gasteiger partial charge in [-0.05, 0) is 18.8 Å². The zero-order valence-electron chi connectivity index (χ0n) is 17.9. The zero-order valence-corrected chi connectivity index (χ0v) is 18.8. The monoisotopic (exact) mass is 477 g/mol. The second-order valence-corrected chi connectivity index (χ2v) is 7.78. The van der Waals surface area contributed by atoms with Crippen molar-refractivity contribution in [3.8, 4) is 0 Å². The van der Waals surface area contributed by atoms with Crippen LogP contribution in [0.4, 0.5) is 0 Å². The van der Waals surface area contributed by atoms with Crippen molar-refractivity contribution >= 4 is 48.2 Å². The van der Waals surface area contributed by atoms with Crippen LogP contribution in [0.3, 0.4) is 0 Å². The highest BCUT2D eigenvalue weighted by Gasteiger charge is 2.30. The maximum absolute atomic E-state index is 12.7. The second-order valence-electron chi connectivity index (χ2n) is 7.41. The van der Waals surface area contributed by atoms with Crippen LogP contribution < -0.4 is 27.4 Å². The molecule has 0 aliphatic rings. The number of hydrogen-bond acceptors (Lipinski definition) is 8. The van der Waals surface area contributed by atoms with Gasteiger partial charge in [0.15, 0.2) is 0 Å². The van der Waals surface area contributed by atoms with Crippen molar-refractivity contribution in [2.24, 2.45) is 17.4 Å². The fraction of sp³-hybridized carbons (Fsp3) is 0.667. The van der Waals surface area contributed by atoms with Gasteiger partial charge in [-0.15, -0.1) is 0 Å². The molecule has 0 fully saturated rings. The van der Waals surface area contributed by atoms with E-state index in [0.29, 0.717) is 0 Å². The lowest BCUT2D eigenvalue weighted by Gasteiger charge is -2.25. The Hall–Kier alpha value is -2.87. The molecule has 13 nitrogen and oxygen atoms in total. The van der Waals surface area contributed by atoms with E-state index in [9.17, 15) is 28.8 Å². The molecule has 4 amide bonds. The quantitative estimate of drug-likeness (QED) is 0.117. The molecule has 0 aromatic carbocycles. The van der Waals surface area contributed by atoms with Gasteiger partial charge in [0, 0.05) is 18.6 Å². The van der Waals surface area contributed by atoms with Crippen molar-refractivity contribution in [1.29, 1.82) is 0 Å². The number of primary amides is 1. The first-order valence-electron chi connectivity index (χ1n) is 9.80. The van der Waals surface area contributed by atoms with Gasteiger partial charge in [0.25, 0.3) is 0 Å². The lowest BCUT2D eigenvalue weighted by molar-refractivity contribution is -0.141. The number of carbonyl (C=O) groups is 6. The second kappa shape index (κ2) is 14.2. The minimum absolute atomic E-state index is 0.234. The van der Waals surface area contributed by atoms with Crippen molar-refractivity contribution in [2.45, 2.75) is 63.7 Å². The van der Waals surface area contributed by atoms with Gasteiger partial charge in [-0.3, -0.25) is 24.0 Å². The summed E-state index contributed by atoms with van der Waals surface area (Å²) in [5, 5.41) is 24.8. The summed E-state index contributed by atoms with van der Waals surface area (Å²) in [6.07, 6.45) is -1.32. The average Bonchev–Trinajstić information content (AvgIpc) is 2.70. The predicted octanol–water partition coefficient (Wildman–Crippen LogP) is -2.43. The molecular formula is C18H31N5O8S. The van der Waals surface area contributed by atoms with Gasteiger partial charge in [0.05, 0.1) is 6.04 Å². The third-order valence-electron chi connectivity index (χ3n) is 4.41. The van der Waals surface area contributed by atoms with E-state index < -0.39 is 66.2 Å². The Morgan fingerprint density at radius 1 is 0.812 bits per heavy atom. The van der Waals surface area contributed by atoms with Crippen molar-refractivity contribution < 1.29 is 39.0 Å². The summed E-state index contributed by atoms with van der Waals surface area (Å²) in [7, 11) is 0. The van der Waals surface area contributed by atoms with E-state index in [1.54, 1.807) is 13.8 Å². The molecule has 0 heterocycles. The van der Waals surface area contributed by atoms with E-state index in [1.807, 2.05) is 0 Å². The van der Waals surface area contributed by atoms with Gasteiger partial charge >= 0.3 is 11.9 Å². The topological polar surface area (TPSA) is 231 Å². The molecule has 0 aliphatic heterocycles. The number of aliphatic carboxylic acids is 2. The fourth-order valence-corrected chi connectivity index (χ4v) is 2.64. The SMILES string of the molecule is CC(C)C(N)C(=O)NC(CCC(=O)O)C(=O)NC(CCC(N)=O)C(=O)NC(CS)C(=O)O. The fourth-order valence-electron chi connectivity index (χ4n) is 2.39. The summed E-state index contributed by atoms with van der Waals surface area (Å²) in [5.74, 6) is -6.34. The van der Waals surface area contributed by atoms with Gasteiger partial charge in [-0.2, -0.15) is 12.6 Å². The number of carbonyl (C=O) groups excluding carboxylic acids is 4. The van der Waals surface area contributed by atoms with Crippen LogP contribution in [0.15, 0.2) is 0 Å². The van der Waals surface area contributed by atoms with E-state index in [0.717, 1.165) is 0 Å². The molecule has 0 aliphatic carbocycles. The Morgan fingerprint density at radius 2 is 1.25 bits per heavy atom. The van der Waals surface area contributed by atoms with Crippen molar-refractivity contribution in [3.63, 3.8) is 0 Å². The molecule has 182 valence electrons. The summed E-state index contributed by atoms with van der Waals surface area (Å²) in [6, 6.07) is -5.03. The lowest BCUT2D eigenvalue weighted by Crippen LogP contribution is -2.57. The largest absolute Gasteiger partial charge is 0.481 e. The number of carboxylic acid groups (broad SMARTS) is 2. The summed E-state index contributed by atoms with van der Waals surface area (Å²) >= 11 is 3.83. The number of hydrogen-bond donors (Lipinski definition) is 8. The lowest BCUT2D eigenvalue weighted by atomic mass is 10.0. The molecule has 4 atom stereocenters. The highest BCUT2D eigenvalue weighted by atomic mass is 32.1. The molecule has 0 aromatic rings. The van der Waals surface area contributed by atoms with Crippen molar-refractivity contribution in [3.05, 3.63) is 0 Å². The van der Waals surface area contributed by atoms with E-state index in [1.165, 1.54) is 0 Å². The van der Waals surface area contributed by atoms with Gasteiger partial charge < -0.3 is 37.6 Å². The van der Waals surface area contributed by atoms with Gasteiger partial charge in [-0.25, -0.2) is 4.79 Å². The molecule has 14 heteroatoms. The summed E-state index contributed by atoms with van der Waals surface area (Å²) in [6.45, 7) is 3.36. The first-order chi connectivity index (χ1) is 14.8. The van der Waals surface area contributed by atoms with Gasteiger partial charge in [0.1, 0.15) is 18.1 Å². The average molecular weight is 478 g/mol. The molecule has 0 saturated heterocycles. The van der Waals surface area contributed by atoms with Crippen molar-refractivity contribution in [1.82, 2.24) is 16.0 Å². The van der Waals surface area contributed by atoms with Crippen LogP contribution in [0.1, 0.15) is 39.5 Å². The van der Waals surface area contributed by atoms with Gasteiger partial charge in [0.2, 0.25) is 23.6 Å². The first-order valence-corrected chi connectivity index (χ1v) is 10.4. The molecule has 32 heavy (non-hydrogen) atoms. The normalized spacial score (nSPS) is 14.5. The van der Waals surface area contributed by atoms with Crippen LogP contribution >= 0.6 is 12.6 Å². The molecule has 0 spiro atoms. The zero-order chi connectivity index (χ0) is 25.0. The van der Waals surface area contributed by atoms with E-state index >= 15 is 0 Å². The summed E-state index contributed by atoms with van der Waals surface area (Å²) < 4.78 is 0. The molecule has 0 aromatic heterocycles. The molecular weight excluding hydrogens is 446 g/mol. The number of thiol groups is 1. The standard InChI is InChI=1S/C18H31N5O8S/c1-8(2)14(20)17(29)22-10(4-6-13(25)26)15(27)21-9(3-5-12(19)24)16(28)23-11(7-32)18(30)31/h8-11,14,32H,3-7,20H2,1-2H3,(H2,19,24)(H,21,27)(H,22,29)(H,23,28)(H,25,26)(H,30,31). The molecule has 0 rings (SSSR count). The Morgan fingerprint density at radius 3 is 1.62 bits per heavy atom. The van der Waals surface area contributed by atoms with Crippen LogP contribution in [-0.2, 0) is 28.8 Å². The third-order valence-corrected chi connectivity index (χ3v) is 4.78. The molecule has 9 N–H and O–H groups in total. The summed E-state index contributed by atoms with van der Waals surface area (Å²) in [4.78, 5) is 70.7. The maximum atomic E-state index is 12.7. The molecule has 0 saturated carbocycles. The number of nitrogens with one attached hydrogen (secondary N) is 3. The Balaban J connectivity index is 5.55. The number of nitrogens with two attached hydrogens (primary N) is 2. The van der Waals surface area contributed by atoms with Crippen LogP contribution in [0.25, 0.3) is 0 Å². The predicted molar refractivity (Wildman–Crippen MR) is 115 cm³/mol. The van der Waals surface area contributed by atoms with Crippen LogP contribution in [0.2, 0.25) is 0 Å². The first kappa shape index (κ1) is 29.1. The minimum atomic E-state index is -1.38. The highest BCUT2D eigenvalue weighted by Crippen LogP contribution is 2.06. The van der Waals surface area contributed by atoms with E-state index in [4.69, 9.17) is 21.7 Å². The smallest absolute Gasteiger partial charge is 0.327 e. The van der Waals surface area contributed by atoms with Crippen molar-refractivity contribution in [2.75, 3.05) is 5.75 Å². The van der Waals surface area contributed by atoms with Gasteiger partial charge in [-0.1, -0.05) is 13.8 Å². The Labute approximate surface area is 190 Å². The van der Waals surface area contributed by atoms with Crippen LogP contribution in [-0.4, -0.2) is 75.7 Å². The summed E-state index contributed by atoms with van der Waals surface area (Å²) in [5.41, 5.74) is 10.8. The minimum Gasteiger partial charge on any atom is -0.481 e. The Kier molecular flexibility index (Phi) is 13.0. The number of carboxylic acids is 2. The molecule has 0 radical (unpaired) electrons. The van der Waals surface area contributed by atoms with E-state index in [2.05, 4.69) is 28.6 Å². The maximum Gasteiger partial charge on any atom is 0.327 e. The molecule has 4 unspecified atom stereocenters. The van der Waals surface area contributed by atoms with Crippen LogP contribution in [0.5, 0.6) is 0 Å². The van der Waals surface area contributed by atoms with Crippen LogP contribution in [0, 0.1) is 5.92 Å². The third kappa shape index (κ3) is 10.9. The van der Waals surface area contributed by atoms with E-state index in [-0.39, 0.29) is 30.9 Å². The Bertz CT molecular complexity index is 717. The highest BCUT2D eigenvalue weighted by molar-refractivity contribution is 7.80. The number of amides is 4.